The minimum Gasteiger partial charge on any atom is -0.456 e. The van der Waals surface area contributed by atoms with Gasteiger partial charge in [0.2, 0.25) is 5.71 Å². The molecule has 0 unspecified atom stereocenters. The Bertz CT molecular complexity index is 2010. The molecule has 4 nitrogen and oxygen atoms in total. The first-order chi connectivity index (χ1) is 18.8. The van der Waals surface area contributed by atoms with Gasteiger partial charge in [-0.2, -0.15) is 0 Å². The second-order valence-electron chi connectivity index (χ2n) is 9.47. The highest BCUT2D eigenvalue weighted by atomic mass is 16.3. The molecule has 0 amide bonds. The number of aromatic nitrogens is 2. The molecule has 4 heterocycles. The van der Waals surface area contributed by atoms with E-state index in [1.807, 2.05) is 48.5 Å². The van der Waals surface area contributed by atoms with E-state index in [9.17, 15) is 0 Å². The molecule has 0 spiro atoms. The molecule has 4 aromatic carbocycles. The molecular formula is C34H20N2O2. The van der Waals surface area contributed by atoms with Gasteiger partial charge in [0.1, 0.15) is 16.7 Å². The first kappa shape index (κ1) is 20.9. The lowest BCUT2D eigenvalue weighted by molar-refractivity contribution is 0.654. The molecule has 0 saturated heterocycles. The molecule has 4 heteroatoms. The summed E-state index contributed by atoms with van der Waals surface area (Å²) in [6.45, 7) is 0. The third-order valence-corrected chi connectivity index (χ3v) is 7.15. The van der Waals surface area contributed by atoms with Crippen molar-refractivity contribution in [1.29, 1.82) is 0 Å². The van der Waals surface area contributed by atoms with E-state index in [1.165, 1.54) is 0 Å². The van der Waals surface area contributed by atoms with Crippen molar-refractivity contribution >= 4 is 44.0 Å². The topological polar surface area (TPSA) is 52.1 Å². The van der Waals surface area contributed by atoms with E-state index in [-0.39, 0.29) is 0 Å². The Balaban J connectivity index is 1.35. The molecule has 38 heavy (non-hydrogen) atoms. The summed E-state index contributed by atoms with van der Waals surface area (Å²) >= 11 is 0. The van der Waals surface area contributed by atoms with Gasteiger partial charge in [0.05, 0.1) is 11.4 Å². The predicted molar refractivity (Wildman–Crippen MR) is 153 cm³/mol. The van der Waals surface area contributed by atoms with Gasteiger partial charge in [-0.05, 0) is 77.9 Å². The number of hydrogen-bond acceptors (Lipinski definition) is 4. The maximum atomic E-state index is 6.06. The summed E-state index contributed by atoms with van der Waals surface area (Å²) in [7, 11) is 0. The van der Waals surface area contributed by atoms with Gasteiger partial charge < -0.3 is 8.83 Å². The van der Waals surface area contributed by atoms with Crippen LogP contribution in [0.3, 0.4) is 0 Å². The highest BCUT2D eigenvalue weighted by molar-refractivity contribution is 6.07. The highest BCUT2D eigenvalue weighted by Crippen LogP contribution is 2.36. The molecule has 0 aliphatic rings. The summed E-state index contributed by atoms with van der Waals surface area (Å²) in [5.74, 6) is 0. The number of pyridine rings is 2. The van der Waals surface area contributed by atoms with Crippen molar-refractivity contribution in [3.63, 3.8) is 0 Å². The van der Waals surface area contributed by atoms with Crippen molar-refractivity contribution < 1.29 is 8.83 Å². The number of rotatable bonds is 3. The fourth-order valence-corrected chi connectivity index (χ4v) is 5.28. The molecule has 8 rings (SSSR count). The average molecular weight is 489 g/mol. The maximum Gasteiger partial charge on any atom is 0.227 e. The van der Waals surface area contributed by atoms with E-state index < -0.39 is 0 Å². The van der Waals surface area contributed by atoms with E-state index in [1.54, 1.807) is 6.20 Å². The van der Waals surface area contributed by atoms with Crippen LogP contribution in [0.15, 0.2) is 130 Å². The molecule has 4 aromatic heterocycles. The standard InChI is InChI=1S/C34H20N2O2/c1-2-7-21(8-3-1)24-19-29(22-12-14-32-27(17-22)25-9-4-5-11-31(25)37-32)36-30(20-24)23-13-15-33-28(18-23)26-10-6-16-35-34(26)38-33/h1-20H. The number of para-hydroxylation sites is 1. The molecule has 0 bridgehead atoms. The van der Waals surface area contributed by atoms with Gasteiger partial charge in [0.25, 0.3) is 0 Å². The van der Waals surface area contributed by atoms with Gasteiger partial charge in [-0.1, -0.05) is 48.5 Å². The van der Waals surface area contributed by atoms with Crippen LogP contribution in [0.25, 0.3) is 77.6 Å². The van der Waals surface area contributed by atoms with Crippen molar-refractivity contribution in [3.8, 4) is 33.6 Å². The van der Waals surface area contributed by atoms with Gasteiger partial charge in [0, 0.05) is 38.9 Å². The second-order valence-corrected chi connectivity index (χ2v) is 9.47. The minimum absolute atomic E-state index is 0.645. The lowest BCUT2D eigenvalue weighted by Crippen LogP contribution is -1.91. The second kappa shape index (κ2) is 8.15. The Morgan fingerprint density at radius 2 is 1.05 bits per heavy atom. The molecule has 0 saturated carbocycles. The normalized spacial score (nSPS) is 11.7. The third kappa shape index (κ3) is 3.31. The van der Waals surface area contributed by atoms with Crippen molar-refractivity contribution in [2.24, 2.45) is 0 Å². The van der Waals surface area contributed by atoms with Crippen molar-refractivity contribution in [3.05, 3.63) is 121 Å². The molecule has 0 aliphatic heterocycles. The number of furan rings is 2. The van der Waals surface area contributed by atoms with Crippen LogP contribution in [0.5, 0.6) is 0 Å². The fraction of sp³-hybridized carbons (Fsp3) is 0. The van der Waals surface area contributed by atoms with E-state index in [0.717, 1.165) is 71.9 Å². The number of benzene rings is 4. The van der Waals surface area contributed by atoms with Crippen LogP contribution >= 0.6 is 0 Å². The lowest BCUT2D eigenvalue weighted by Gasteiger charge is -2.11. The zero-order valence-electron chi connectivity index (χ0n) is 20.3. The molecule has 0 N–H and O–H groups in total. The van der Waals surface area contributed by atoms with Crippen LogP contribution in [0.1, 0.15) is 0 Å². The molecule has 178 valence electrons. The SMILES string of the molecule is c1ccc(-c2cc(-c3ccc4oc5ccccc5c4c3)nc(-c3ccc4oc5ncccc5c4c3)c2)cc1. The zero-order valence-corrected chi connectivity index (χ0v) is 20.3. The molecule has 0 radical (unpaired) electrons. The van der Waals surface area contributed by atoms with E-state index in [0.29, 0.717) is 5.71 Å². The van der Waals surface area contributed by atoms with Crippen LogP contribution in [-0.2, 0) is 0 Å². The molecule has 0 atom stereocenters. The monoisotopic (exact) mass is 488 g/mol. The fourth-order valence-electron chi connectivity index (χ4n) is 5.28. The first-order valence-electron chi connectivity index (χ1n) is 12.6. The van der Waals surface area contributed by atoms with Gasteiger partial charge in [-0.3, -0.25) is 0 Å². The number of hydrogen-bond donors (Lipinski definition) is 0. The lowest BCUT2D eigenvalue weighted by atomic mass is 9.98. The Morgan fingerprint density at radius 1 is 0.421 bits per heavy atom. The van der Waals surface area contributed by atoms with Gasteiger partial charge in [-0.25, -0.2) is 9.97 Å². The molecule has 8 aromatic rings. The first-order valence-corrected chi connectivity index (χ1v) is 12.6. The van der Waals surface area contributed by atoms with Gasteiger partial charge >= 0.3 is 0 Å². The van der Waals surface area contributed by atoms with Crippen LogP contribution in [-0.4, -0.2) is 9.97 Å². The van der Waals surface area contributed by atoms with E-state index >= 15 is 0 Å². The number of nitrogens with zero attached hydrogens (tertiary/aromatic N) is 2. The zero-order chi connectivity index (χ0) is 25.1. The highest BCUT2D eigenvalue weighted by Gasteiger charge is 2.14. The van der Waals surface area contributed by atoms with Gasteiger partial charge in [0.15, 0.2) is 0 Å². The van der Waals surface area contributed by atoms with Crippen LogP contribution in [0.4, 0.5) is 0 Å². The van der Waals surface area contributed by atoms with E-state index in [2.05, 4.69) is 71.7 Å². The Kier molecular flexibility index (Phi) is 4.49. The summed E-state index contributed by atoms with van der Waals surface area (Å²) < 4.78 is 12.0. The van der Waals surface area contributed by atoms with Crippen LogP contribution in [0.2, 0.25) is 0 Å². The van der Waals surface area contributed by atoms with Crippen molar-refractivity contribution in [2.45, 2.75) is 0 Å². The third-order valence-electron chi connectivity index (χ3n) is 7.15. The number of fused-ring (bicyclic) bond motifs is 6. The smallest absolute Gasteiger partial charge is 0.227 e. The van der Waals surface area contributed by atoms with Crippen LogP contribution < -0.4 is 0 Å². The average Bonchev–Trinajstić information content (AvgIpc) is 3.55. The quantitative estimate of drug-likeness (QED) is 0.249. The summed E-state index contributed by atoms with van der Waals surface area (Å²) in [6.07, 6.45) is 1.75. The van der Waals surface area contributed by atoms with Gasteiger partial charge in [-0.15, -0.1) is 0 Å². The molecular weight excluding hydrogens is 468 g/mol. The van der Waals surface area contributed by atoms with Crippen molar-refractivity contribution in [2.75, 3.05) is 0 Å². The summed E-state index contributed by atoms with van der Waals surface area (Å²) in [5.41, 5.74) is 9.37. The largest absolute Gasteiger partial charge is 0.456 e. The minimum atomic E-state index is 0.645. The summed E-state index contributed by atoms with van der Waals surface area (Å²) in [6, 6.07) is 39.4. The maximum absolute atomic E-state index is 6.06. The Morgan fingerprint density at radius 3 is 1.84 bits per heavy atom. The molecule has 0 fully saturated rings. The predicted octanol–water partition coefficient (Wildman–Crippen LogP) is 9.28. The van der Waals surface area contributed by atoms with E-state index in [4.69, 9.17) is 13.8 Å². The Hall–Kier alpha value is -5.22. The molecule has 0 aliphatic carbocycles. The van der Waals surface area contributed by atoms with Crippen LogP contribution in [0, 0.1) is 0 Å². The van der Waals surface area contributed by atoms with Crippen molar-refractivity contribution in [1.82, 2.24) is 9.97 Å². The summed E-state index contributed by atoms with van der Waals surface area (Å²) in [5, 5.41) is 4.23. The Labute approximate surface area is 217 Å². The summed E-state index contributed by atoms with van der Waals surface area (Å²) in [4.78, 5) is 9.55.